The summed E-state index contributed by atoms with van der Waals surface area (Å²) in [7, 11) is 2.21. The first-order valence-electron chi connectivity index (χ1n) is 9.37. The van der Waals surface area contributed by atoms with Crippen LogP contribution in [-0.2, 0) is 11.2 Å². The minimum Gasteiger partial charge on any atom is -0.340 e. The van der Waals surface area contributed by atoms with Crippen molar-refractivity contribution in [2.24, 2.45) is 0 Å². The molecule has 1 unspecified atom stereocenters. The molecule has 0 radical (unpaired) electrons. The standard InChI is InChI=1S/C19H26N4OS2/c1-21-6-2-4-16(13-21)22-7-9-23(10-8-22)18(24)12-15-14-26-19(20-15)17-5-3-11-25-17/h3,5,11,14,16H,2,4,6-10,12-13H2,1H3. The van der Waals surface area contributed by atoms with Gasteiger partial charge in [0.15, 0.2) is 0 Å². The van der Waals surface area contributed by atoms with E-state index in [1.54, 1.807) is 22.7 Å². The van der Waals surface area contributed by atoms with Crippen molar-refractivity contribution in [3.8, 4) is 9.88 Å². The van der Waals surface area contributed by atoms with Crippen LogP contribution in [0.4, 0.5) is 0 Å². The van der Waals surface area contributed by atoms with Crippen LogP contribution in [0.2, 0.25) is 0 Å². The third-order valence-corrected chi connectivity index (χ3v) is 7.33. The summed E-state index contributed by atoms with van der Waals surface area (Å²) in [6.45, 7) is 6.08. The summed E-state index contributed by atoms with van der Waals surface area (Å²) in [5.41, 5.74) is 0.903. The minimum atomic E-state index is 0.216. The summed E-state index contributed by atoms with van der Waals surface area (Å²) >= 11 is 3.32. The van der Waals surface area contributed by atoms with Crippen molar-refractivity contribution in [2.75, 3.05) is 46.3 Å². The number of thiazole rings is 1. The highest BCUT2D eigenvalue weighted by molar-refractivity contribution is 7.20. The lowest BCUT2D eigenvalue weighted by atomic mass is 10.0. The van der Waals surface area contributed by atoms with Crippen LogP contribution >= 0.6 is 22.7 Å². The fraction of sp³-hybridized carbons (Fsp3) is 0.579. The van der Waals surface area contributed by atoms with E-state index in [2.05, 4.69) is 33.3 Å². The monoisotopic (exact) mass is 390 g/mol. The number of carbonyl (C=O) groups excluding carboxylic acids is 1. The van der Waals surface area contributed by atoms with Gasteiger partial charge in [-0.25, -0.2) is 4.98 Å². The molecule has 2 aliphatic heterocycles. The van der Waals surface area contributed by atoms with Gasteiger partial charge in [0.25, 0.3) is 0 Å². The van der Waals surface area contributed by atoms with E-state index in [4.69, 9.17) is 0 Å². The van der Waals surface area contributed by atoms with Crippen LogP contribution in [0.25, 0.3) is 9.88 Å². The van der Waals surface area contributed by atoms with Gasteiger partial charge < -0.3 is 9.80 Å². The molecular formula is C19H26N4OS2. The zero-order valence-corrected chi connectivity index (χ0v) is 16.9. The second-order valence-electron chi connectivity index (χ2n) is 7.27. The molecular weight excluding hydrogens is 364 g/mol. The Hall–Kier alpha value is -1.28. The fourth-order valence-electron chi connectivity index (χ4n) is 3.94. The number of nitrogens with zero attached hydrogens (tertiary/aromatic N) is 4. The highest BCUT2D eigenvalue weighted by atomic mass is 32.1. The van der Waals surface area contributed by atoms with Crippen LogP contribution in [0.3, 0.4) is 0 Å². The zero-order valence-electron chi connectivity index (χ0n) is 15.3. The van der Waals surface area contributed by atoms with Gasteiger partial charge in [-0.2, -0.15) is 0 Å². The maximum atomic E-state index is 12.7. The lowest BCUT2D eigenvalue weighted by molar-refractivity contribution is -0.132. The third-order valence-electron chi connectivity index (χ3n) is 5.40. The summed E-state index contributed by atoms with van der Waals surface area (Å²) in [5, 5.41) is 5.11. The molecule has 0 saturated carbocycles. The third kappa shape index (κ3) is 4.17. The Morgan fingerprint density at radius 1 is 1.23 bits per heavy atom. The van der Waals surface area contributed by atoms with Crippen LogP contribution in [-0.4, -0.2) is 77.9 Å². The van der Waals surface area contributed by atoms with Gasteiger partial charge in [0.2, 0.25) is 5.91 Å². The normalized spacial score (nSPS) is 22.7. The van der Waals surface area contributed by atoms with Crippen molar-refractivity contribution in [1.29, 1.82) is 0 Å². The lowest BCUT2D eigenvalue weighted by Gasteiger charge is -2.42. The molecule has 2 aromatic rings. The Balaban J connectivity index is 1.28. The molecule has 2 fully saturated rings. The Kier molecular flexibility index (Phi) is 5.69. The molecule has 0 aromatic carbocycles. The summed E-state index contributed by atoms with van der Waals surface area (Å²) in [5.74, 6) is 0.216. The largest absolute Gasteiger partial charge is 0.340 e. The lowest BCUT2D eigenvalue weighted by Crippen LogP contribution is -2.55. The first kappa shape index (κ1) is 18.1. The van der Waals surface area contributed by atoms with Crippen molar-refractivity contribution < 1.29 is 4.79 Å². The molecule has 2 aromatic heterocycles. The molecule has 0 bridgehead atoms. The predicted molar refractivity (Wildman–Crippen MR) is 108 cm³/mol. The molecule has 4 rings (SSSR count). The number of rotatable bonds is 4. The maximum Gasteiger partial charge on any atom is 0.228 e. The molecule has 140 valence electrons. The first-order valence-corrected chi connectivity index (χ1v) is 11.1. The average molecular weight is 391 g/mol. The molecule has 1 atom stereocenters. The van der Waals surface area contributed by atoms with Gasteiger partial charge in [0.05, 0.1) is 17.0 Å². The number of likely N-dealkylation sites (N-methyl/N-ethyl adjacent to an activating group) is 1. The maximum absolute atomic E-state index is 12.7. The second-order valence-corrected chi connectivity index (χ2v) is 9.08. The van der Waals surface area contributed by atoms with Gasteiger partial charge in [-0.1, -0.05) is 6.07 Å². The average Bonchev–Trinajstić information content (AvgIpc) is 3.33. The fourth-order valence-corrected chi connectivity index (χ4v) is 5.58. The summed E-state index contributed by atoms with van der Waals surface area (Å²) < 4.78 is 0. The second kappa shape index (κ2) is 8.17. The molecule has 5 nitrogen and oxygen atoms in total. The first-order chi connectivity index (χ1) is 12.7. The van der Waals surface area contributed by atoms with Crippen LogP contribution in [0, 0.1) is 0 Å². The van der Waals surface area contributed by atoms with E-state index in [-0.39, 0.29) is 5.91 Å². The van der Waals surface area contributed by atoms with Crippen molar-refractivity contribution in [2.45, 2.75) is 25.3 Å². The number of thiophene rings is 1. The van der Waals surface area contributed by atoms with Crippen LogP contribution in [0.1, 0.15) is 18.5 Å². The quantitative estimate of drug-likeness (QED) is 0.805. The van der Waals surface area contributed by atoms with Crippen molar-refractivity contribution in [3.05, 3.63) is 28.6 Å². The molecule has 4 heterocycles. The van der Waals surface area contributed by atoms with E-state index in [0.717, 1.165) is 43.4 Å². The SMILES string of the molecule is CN1CCCC(N2CCN(C(=O)Cc3csc(-c4cccs4)n3)CC2)C1. The molecule has 26 heavy (non-hydrogen) atoms. The molecule has 0 N–H and O–H groups in total. The molecule has 2 aliphatic rings. The highest BCUT2D eigenvalue weighted by Gasteiger charge is 2.28. The molecule has 1 amide bonds. The number of carbonyl (C=O) groups is 1. The molecule has 7 heteroatoms. The number of likely N-dealkylation sites (tertiary alicyclic amines) is 1. The Bertz CT molecular complexity index is 722. The van der Waals surface area contributed by atoms with E-state index < -0.39 is 0 Å². The van der Waals surface area contributed by atoms with E-state index in [1.165, 1.54) is 24.3 Å². The number of piperidine rings is 1. The number of piperazine rings is 1. The van der Waals surface area contributed by atoms with Gasteiger partial charge in [-0.3, -0.25) is 9.69 Å². The van der Waals surface area contributed by atoms with E-state index in [0.29, 0.717) is 12.5 Å². The van der Waals surface area contributed by atoms with Gasteiger partial charge in [-0.15, -0.1) is 22.7 Å². The molecule has 0 aliphatic carbocycles. The van der Waals surface area contributed by atoms with E-state index >= 15 is 0 Å². The van der Waals surface area contributed by atoms with Gasteiger partial charge >= 0.3 is 0 Å². The van der Waals surface area contributed by atoms with Crippen LogP contribution < -0.4 is 0 Å². The molecule has 2 saturated heterocycles. The van der Waals surface area contributed by atoms with Crippen molar-refractivity contribution in [3.63, 3.8) is 0 Å². The smallest absolute Gasteiger partial charge is 0.228 e. The zero-order chi connectivity index (χ0) is 17.9. The van der Waals surface area contributed by atoms with Gasteiger partial charge in [0, 0.05) is 44.1 Å². The summed E-state index contributed by atoms with van der Waals surface area (Å²) in [4.78, 5) is 25.5. The highest BCUT2D eigenvalue weighted by Crippen LogP contribution is 2.28. The topological polar surface area (TPSA) is 39.7 Å². The van der Waals surface area contributed by atoms with Crippen LogP contribution in [0.5, 0.6) is 0 Å². The number of amides is 1. The number of hydrogen-bond donors (Lipinski definition) is 0. The Morgan fingerprint density at radius 2 is 2.08 bits per heavy atom. The Morgan fingerprint density at radius 3 is 2.81 bits per heavy atom. The van der Waals surface area contributed by atoms with Crippen molar-refractivity contribution in [1.82, 2.24) is 19.7 Å². The minimum absolute atomic E-state index is 0.216. The van der Waals surface area contributed by atoms with Gasteiger partial charge in [0.1, 0.15) is 5.01 Å². The van der Waals surface area contributed by atoms with Crippen molar-refractivity contribution >= 4 is 28.6 Å². The summed E-state index contributed by atoms with van der Waals surface area (Å²) in [6.07, 6.45) is 3.01. The van der Waals surface area contributed by atoms with E-state index in [1.807, 2.05) is 16.3 Å². The Labute approximate surface area is 163 Å². The van der Waals surface area contributed by atoms with Crippen LogP contribution in [0.15, 0.2) is 22.9 Å². The van der Waals surface area contributed by atoms with Gasteiger partial charge in [-0.05, 0) is 37.9 Å². The number of hydrogen-bond acceptors (Lipinski definition) is 6. The van der Waals surface area contributed by atoms with E-state index in [9.17, 15) is 4.79 Å². The number of aromatic nitrogens is 1. The summed E-state index contributed by atoms with van der Waals surface area (Å²) in [6, 6.07) is 4.78. The predicted octanol–water partition coefficient (Wildman–Crippen LogP) is 2.65. The molecule has 0 spiro atoms.